The predicted molar refractivity (Wildman–Crippen MR) is 191 cm³/mol. The van der Waals surface area contributed by atoms with Gasteiger partial charge in [-0.3, -0.25) is 28.8 Å². The van der Waals surface area contributed by atoms with Gasteiger partial charge in [-0.2, -0.15) is 0 Å². The van der Waals surface area contributed by atoms with Crippen molar-refractivity contribution in [3.63, 3.8) is 0 Å². The van der Waals surface area contributed by atoms with Crippen LogP contribution >= 0.6 is 7.82 Å². The minimum atomic E-state index is -4.68. The van der Waals surface area contributed by atoms with E-state index in [1.165, 1.54) is 69.9 Å². The van der Waals surface area contributed by atoms with Crippen LogP contribution in [0.5, 0.6) is 0 Å². The average Bonchev–Trinajstić information content (AvgIpc) is 3.62. The van der Waals surface area contributed by atoms with E-state index in [2.05, 4.69) is 31.7 Å². The highest BCUT2D eigenvalue weighted by Crippen LogP contribution is 2.43. The Labute approximate surface area is 304 Å². The van der Waals surface area contributed by atoms with E-state index in [-0.39, 0.29) is 29.6 Å². The van der Waals surface area contributed by atoms with Gasteiger partial charge in [0, 0.05) is 25.5 Å². The molecule has 0 aliphatic heterocycles. The van der Waals surface area contributed by atoms with Crippen molar-refractivity contribution in [1.82, 2.24) is 10.3 Å². The smallest absolute Gasteiger partial charge is 0.462 e. The number of nitrogens with zero attached hydrogens (tertiary/aromatic N) is 3. The number of fused-ring (bicyclic) bond motifs is 1. The molecule has 0 radical (unpaired) electrons. The number of unbranched alkanes of at least 4 members (excludes halogenated alkanes) is 14. The highest BCUT2D eigenvalue weighted by atomic mass is 31.2. The van der Waals surface area contributed by atoms with Gasteiger partial charge in [0.15, 0.2) is 11.6 Å². The number of phosphoric acid groups is 1. The van der Waals surface area contributed by atoms with Gasteiger partial charge in [0.2, 0.25) is 5.52 Å². The van der Waals surface area contributed by atoms with Gasteiger partial charge in [-0.05, 0) is 35.6 Å². The normalized spacial score (nSPS) is 13.8. The molecular formula is C34H57N4O13P. The number of hydrogen-bond acceptors (Lipinski definition) is 15. The van der Waals surface area contributed by atoms with Crippen molar-refractivity contribution < 1.29 is 57.3 Å². The minimum Gasteiger partial charge on any atom is -0.462 e. The van der Waals surface area contributed by atoms with Crippen molar-refractivity contribution in [1.29, 1.82) is 0 Å². The molecule has 0 amide bonds. The molecule has 296 valence electrons. The lowest BCUT2D eigenvalue weighted by atomic mass is 10.0. The summed E-state index contributed by atoms with van der Waals surface area (Å²) in [5, 5.41) is 39.9. The molecule has 18 heteroatoms. The molecule has 0 saturated heterocycles. The molecule has 17 nitrogen and oxygen atoms in total. The fourth-order valence-electron chi connectivity index (χ4n) is 5.29. The lowest BCUT2D eigenvalue weighted by Crippen LogP contribution is -2.29. The summed E-state index contributed by atoms with van der Waals surface area (Å²) in [6.07, 6.45) is 14.5. The van der Waals surface area contributed by atoms with Crippen LogP contribution in [0.1, 0.15) is 122 Å². The number of carbonyl (C=O) groups is 2. The van der Waals surface area contributed by atoms with Crippen LogP contribution in [0.3, 0.4) is 0 Å². The van der Waals surface area contributed by atoms with Crippen LogP contribution in [0.25, 0.3) is 11.0 Å². The quantitative estimate of drug-likeness (QED) is 0.0204. The fraction of sp³-hybridized carbons (Fsp3) is 0.765. The average molecular weight is 761 g/mol. The van der Waals surface area contributed by atoms with Crippen LogP contribution in [-0.4, -0.2) is 87.5 Å². The van der Waals surface area contributed by atoms with E-state index in [1.54, 1.807) is 0 Å². The maximum atomic E-state index is 12.6. The van der Waals surface area contributed by atoms with E-state index in [9.17, 15) is 34.3 Å². The van der Waals surface area contributed by atoms with E-state index >= 15 is 0 Å². The molecule has 0 fully saturated rings. The molecular weight excluding hydrogens is 703 g/mol. The number of hydrogen-bond donors (Lipinski definition) is 4. The van der Waals surface area contributed by atoms with Crippen LogP contribution in [0, 0.1) is 10.1 Å². The Morgan fingerprint density at radius 2 is 1.40 bits per heavy atom. The second kappa shape index (κ2) is 26.5. The molecule has 1 aromatic heterocycles. The van der Waals surface area contributed by atoms with E-state index in [0.29, 0.717) is 37.9 Å². The van der Waals surface area contributed by atoms with Crippen LogP contribution in [-0.2, 0) is 32.7 Å². The maximum Gasteiger partial charge on any atom is 0.472 e. The third-order valence-corrected chi connectivity index (χ3v) is 9.19. The molecule has 0 aliphatic rings. The standard InChI is InChI=1S/C34H57N4O13P/c1-2-3-4-5-6-7-8-9-10-11-12-13-15-18-31(41)47-25-28(26-49-52(45,46)48-24-27(40)23-39)50-32(42)19-16-14-17-22-35-29-20-21-30(38(43)44)34-33(29)36-51-37-34/h20-21,27-28,35,39-40H,2-19,22-26H2,1H3,(H,45,46)/t27?,28-/m1/s1. The first kappa shape index (κ1) is 44.9. The number of aliphatic hydroxyl groups excluding tert-OH is 2. The highest BCUT2D eigenvalue weighted by molar-refractivity contribution is 7.47. The number of esters is 2. The number of aliphatic hydroxyl groups is 2. The first-order valence-electron chi connectivity index (χ1n) is 18.5. The van der Waals surface area contributed by atoms with E-state index in [1.807, 2.05) is 0 Å². The Bertz CT molecular complexity index is 1360. The van der Waals surface area contributed by atoms with Gasteiger partial charge >= 0.3 is 25.4 Å². The van der Waals surface area contributed by atoms with Crippen LogP contribution in [0.4, 0.5) is 11.4 Å². The number of nitro benzene ring substituents is 1. The second-order valence-corrected chi connectivity index (χ2v) is 14.2. The lowest BCUT2D eigenvalue weighted by Gasteiger charge is -2.20. The fourth-order valence-corrected chi connectivity index (χ4v) is 6.08. The molecule has 2 rings (SSSR count). The Hall–Kier alpha value is -3.21. The maximum absolute atomic E-state index is 12.6. The summed E-state index contributed by atoms with van der Waals surface area (Å²) in [5.74, 6) is -1.12. The highest BCUT2D eigenvalue weighted by Gasteiger charge is 2.27. The number of nitrogens with one attached hydrogen (secondary N) is 1. The second-order valence-electron chi connectivity index (χ2n) is 12.8. The van der Waals surface area contributed by atoms with Crippen LogP contribution in [0.2, 0.25) is 0 Å². The molecule has 0 saturated carbocycles. The molecule has 2 unspecified atom stereocenters. The first-order chi connectivity index (χ1) is 25.1. The number of anilines is 1. The van der Waals surface area contributed by atoms with Crippen LogP contribution in [0.15, 0.2) is 16.8 Å². The molecule has 2 aromatic rings. The molecule has 0 spiro atoms. The summed E-state index contributed by atoms with van der Waals surface area (Å²) in [6, 6.07) is 2.82. The number of carbonyl (C=O) groups excluding carboxylic acids is 2. The van der Waals surface area contributed by atoms with Crippen molar-refractivity contribution in [3.05, 3.63) is 22.2 Å². The monoisotopic (exact) mass is 760 g/mol. The number of aromatic nitrogens is 2. The van der Waals surface area contributed by atoms with Gasteiger partial charge in [-0.15, -0.1) is 0 Å². The Morgan fingerprint density at radius 1 is 0.846 bits per heavy atom. The molecule has 0 bridgehead atoms. The summed E-state index contributed by atoms with van der Waals surface area (Å²) >= 11 is 0. The van der Waals surface area contributed by atoms with Gasteiger partial charge in [0.1, 0.15) is 12.7 Å². The SMILES string of the molecule is CCCCCCCCCCCCCCCC(=O)OC[C@H](COP(=O)(O)OCC(O)CO)OC(=O)CCCCCNc1ccc([N+](=O)[O-])c2nonc12. The van der Waals surface area contributed by atoms with Crippen molar-refractivity contribution in [3.8, 4) is 0 Å². The third kappa shape index (κ3) is 19.6. The zero-order valence-electron chi connectivity index (χ0n) is 30.3. The third-order valence-electron chi connectivity index (χ3n) is 8.24. The van der Waals surface area contributed by atoms with Gasteiger partial charge in [-0.1, -0.05) is 90.4 Å². The number of phosphoric ester groups is 1. The van der Waals surface area contributed by atoms with Crippen molar-refractivity contribution in [2.24, 2.45) is 0 Å². The number of ether oxygens (including phenoxy) is 2. The number of benzene rings is 1. The van der Waals surface area contributed by atoms with E-state index in [4.69, 9.17) is 19.1 Å². The van der Waals surface area contributed by atoms with Gasteiger partial charge < -0.3 is 29.9 Å². The van der Waals surface area contributed by atoms with Crippen LogP contribution < -0.4 is 5.32 Å². The Morgan fingerprint density at radius 3 is 2.02 bits per heavy atom. The molecule has 3 atom stereocenters. The largest absolute Gasteiger partial charge is 0.472 e. The Kier molecular flexibility index (Phi) is 22.9. The summed E-state index contributed by atoms with van der Waals surface area (Å²) in [6.45, 7) is 0.323. The topological polar surface area (TPSA) is 243 Å². The zero-order valence-corrected chi connectivity index (χ0v) is 31.2. The lowest BCUT2D eigenvalue weighted by molar-refractivity contribution is -0.383. The summed E-state index contributed by atoms with van der Waals surface area (Å²) in [4.78, 5) is 45.5. The molecule has 52 heavy (non-hydrogen) atoms. The molecule has 4 N–H and O–H groups in total. The summed E-state index contributed by atoms with van der Waals surface area (Å²) in [7, 11) is -4.68. The van der Waals surface area contributed by atoms with Crippen molar-refractivity contribution in [2.75, 3.05) is 38.3 Å². The molecule has 1 aromatic carbocycles. The number of non-ortho nitro benzene ring substituents is 1. The van der Waals surface area contributed by atoms with Crippen molar-refractivity contribution >= 4 is 42.2 Å². The number of rotatable bonds is 32. The van der Waals surface area contributed by atoms with E-state index in [0.717, 1.165) is 19.3 Å². The Balaban J connectivity index is 1.70. The minimum absolute atomic E-state index is 0.00830. The van der Waals surface area contributed by atoms with Crippen molar-refractivity contribution in [2.45, 2.75) is 135 Å². The van der Waals surface area contributed by atoms with Gasteiger partial charge in [-0.25, -0.2) is 9.19 Å². The van der Waals surface area contributed by atoms with Gasteiger partial charge in [0.25, 0.3) is 0 Å². The van der Waals surface area contributed by atoms with E-state index < -0.39 is 63.3 Å². The molecule has 0 aliphatic carbocycles. The first-order valence-corrected chi connectivity index (χ1v) is 19.9. The molecule has 1 heterocycles. The van der Waals surface area contributed by atoms with Gasteiger partial charge in [0.05, 0.1) is 30.4 Å². The summed E-state index contributed by atoms with van der Waals surface area (Å²) < 4.78 is 37.1. The predicted octanol–water partition coefficient (Wildman–Crippen LogP) is 6.53. The summed E-state index contributed by atoms with van der Waals surface area (Å²) in [5.41, 5.74) is 0.569. The number of nitro groups is 1. The zero-order chi connectivity index (χ0) is 38.0.